The van der Waals surface area contributed by atoms with E-state index in [2.05, 4.69) is 20.8 Å². The van der Waals surface area contributed by atoms with Crippen LogP contribution in [0.25, 0.3) is 0 Å². The maximum atomic E-state index is 6.71. The van der Waals surface area contributed by atoms with Crippen LogP contribution in [0.15, 0.2) is 36.4 Å². The van der Waals surface area contributed by atoms with E-state index >= 15 is 0 Å². The molecule has 254 valence electrons. The van der Waals surface area contributed by atoms with Crippen molar-refractivity contribution >= 4 is 8.60 Å². The normalized spacial score (nSPS) is 10.8. The van der Waals surface area contributed by atoms with E-state index in [-0.39, 0.29) is 0 Å². The van der Waals surface area contributed by atoms with Gasteiger partial charge in [0.2, 0.25) is 0 Å². The lowest BCUT2D eigenvalue weighted by atomic mass is 10.1. The van der Waals surface area contributed by atoms with Crippen molar-refractivity contribution in [3.8, 4) is 51.7 Å². The molecule has 0 heterocycles. The molecule has 3 rings (SSSR count). The summed E-state index contributed by atoms with van der Waals surface area (Å²) in [7, 11) is 7.65. The van der Waals surface area contributed by atoms with Gasteiger partial charge in [-0.15, -0.1) is 0 Å². The number of benzene rings is 3. The summed E-state index contributed by atoms with van der Waals surface area (Å²) in [5.41, 5.74) is 2.91. The number of methoxy groups -OCH3 is 6. The van der Waals surface area contributed by atoms with Gasteiger partial charge >= 0.3 is 8.60 Å². The van der Waals surface area contributed by atoms with Gasteiger partial charge in [0.15, 0.2) is 34.5 Å². The SMILES string of the molecule is CCCCc1cc(OC)c(OC)cc1OP(Oc1cc(OC)c(OC)cc1CCCC)Oc1cc(OC)c(OC)cc1CCCC. The van der Waals surface area contributed by atoms with Crippen molar-refractivity contribution < 1.29 is 42.0 Å². The van der Waals surface area contributed by atoms with Crippen molar-refractivity contribution in [1.82, 2.24) is 0 Å². The summed E-state index contributed by atoms with van der Waals surface area (Å²) >= 11 is 0. The van der Waals surface area contributed by atoms with Gasteiger partial charge in [-0.2, -0.15) is 0 Å². The Morgan fingerprint density at radius 1 is 0.370 bits per heavy atom. The summed E-state index contributed by atoms with van der Waals surface area (Å²) < 4.78 is 54.0. The summed E-state index contributed by atoms with van der Waals surface area (Å²) in [5, 5.41) is 0. The van der Waals surface area contributed by atoms with Crippen LogP contribution in [0, 0.1) is 0 Å². The van der Waals surface area contributed by atoms with Crippen molar-refractivity contribution in [1.29, 1.82) is 0 Å². The molecule has 0 spiro atoms. The third-order valence-corrected chi connectivity index (χ3v) is 8.66. The molecule has 0 unspecified atom stereocenters. The molecular weight excluding hydrogens is 607 g/mol. The fraction of sp³-hybridized carbons (Fsp3) is 0.500. The standard InChI is InChI=1S/C36H51O9P/c1-10-13-16-25-19-31(37-4)34(40-7)22-28(25)43-46(44-29-23-35(41-8)32(38-5)20-26(29)17-14-11-2)45-30-24-36(42-9)33(39-6)21-27(30)18-15-12-3/h19-24H,10-18H2,1-9H3. The largest absolute Gasteiger partial charge is 0.530 e. The van der Waals surface area contributed by atoms with Crippen LogP contribution in [0.4, 0.5) is 0 Å². The van der Waals surface area contributed by atoms with Crippen LogP contribution in [0.5, 0.6) is 51.7 Å². The third kappa shape index (κ3) is 9.65. The molecule has 10 heteroatoms. The van der Waals surface area contributed by atoms with E-state index in [0.717, 1.165) is 74.5 Å². The minimum absolute atomic E-state index is 0.553. The lowest BCUT2D eigenvalue weighted by Crippen LogP contribution is -2.08. The van der Waals surface area contributed by atoms with E-state index in [0.29, 0.717) is 51.7 Å². The molecule has 3 aromatic carbocycles. The Kier molecular flexibility index (Phi) is 15.2. The van der Waals surface area contributed by atoms with E-state index in [4.69, 9.17) is 42.0 Å². The number of aryl methyl sites for hydroxylation is 3. The molecule has 0 atom stereocenters. The molecule has 0 N–H and O–H groups in total. The maximum Gasteiger partial charge on any atom is 0.530 e. The number of hydrogen-bond donors (Lipinski definition) is 0. The van der Waals surface area contributed by atoms with Crippen LogP contribution in [-0.4, -0.2) is 42.7 Å². The number of ether oxygens (including phenoxy) is 6. The first-order valence-corrected chi connectivity index (χ1v) is 17.1. The number of rotatable bonds is 21. The monoisotopic (exact) mass is 658 g/mol. The second-order valence-electron chi connectivity index (χ2n) is 10.8. The van der Waals surface area contributed by atoms with Crippen molar-refractivity contribution in [3.63, 3.8) is 0 Å². The Labute approximate surface area is 276 Å². The third-order valence-electron chi connectivity index (χ3n) is 7.62. The van der Waals surface area contributed by atoms with Crippen molar-refractivity contribution in [2.45, 2.75) is 78.6 Å². The minimum atomic E-state index is -2.07. The molecule has 0 aliphatic rings. The van der Waals surface area contributed by atoms with Crippen LogP contribution in [0.2, 0.25) is 0 Å². The molecule has 0 saturated heterocycles. The number of unbranched alkanes of at least 4 members (excludes halogenated alkanes) is 3. The van der Waals surface area contributed by atoms with Gasteiger partial charge in [0, 0.05) is 18.2 Å². The fourth-order valence-corrected chi connectivity index (χ4v) is 6.05. The van der Waals surface area contributed by atoms with Crippen molar-refractivity contribution in [3.05, 3.63) is 53.1 Å². The maximum absolute atomic E-state index is 6.71. The molecule has 0 amide bonds. The summed E-state index contributed by atoms with van der Waals surface area (Å²) in [6.45, 7) is 6.47. The van der Waals surface area contributed by atoms with Crippen LogP contribution < -0.4 is 42.0 Å². The molecule has 0 fully saturated rings. The smallest absolute Gasteiger partial charge is 0.493 e. The van der Waals surface area contributed by atoms with E-state index in [1.54, 1.807) is 42.7 Å². The van der Waals surface area contributed by atoms with Crippen LogP contribution >= 0.6 is 8.60 Å². The van der Waals surface area contributed by atoms with Crippen LogP contribution in [0.1, 0.15) is 76.0 Å². The molecule has 0 aliphatic heterocycles. The average Bonchev–Trinajstić information content (AvgIpc) is 3.08. The Hall–Kier alpha value is -3.71. The first kappa shape index (κ1) is 36.8. The Morgan fingerprint density at radius 3 is 0.826 bits per heavy atom. The molecule has 0 radical (unpaired) electrons. The van der Waals surface area contributed by atoms with E-state index in [9.17, 15) is 0 Å². The second kappa shape index (κ2) is 19.1. The molecule has 0 aliphatic carbocycles. The van der Waals surface area contributed by atoms with Crippen molar-refractivity contribution in [2.75, 3.05) is 42.7 Å². The summed E-state index contributed by atoms with van der Waals surface area (Å²) in [5.74, 6) is 5.36. The molecule has 9 nitrogen and oxygen atoms in total. The van der Waals surface area contributed by atoms with Gasteiger partial charge in [-0.1, -0.05) is 40.0 Å². The Balaban J connectivity index is 2.19. The van der Waals surface area contributed by atoms with Crippen LogP contribution in [-0.2, 0) is 19.3 Å². The molecule has 3 aromatic rings. The van der Waals surface area contributed by atoms with Gasteiger partial charge < -0.3 is 42.0 Å². The van der Waals surface area contributed by atoms with Gasteiger partial charge in [0.25, 0.3) is 0 Å². The van der Waals surface area contributed by atoms with E-state index < -0.39 is 8.60 Å². The first-order valence-electron chi connectivity index (χ1n) is 16.0. The Bertz CT molecular complexity index is 1210. The zero-order valence-electron chi connectivity index (χ0n) is 28.9. The highest BCUT2D eigenvalue weighted by molar-refractivity contribution is 7.43. The quantitative estimate of drug-likeness (QED) is 0.104. The lowest BCUT2D eigenvalue weighted by Gasteiger charge is -2.24. The number of hydrogen-bond acceptors (Lipinski definition) is 9. The van der Waals surface area contributed by atoms with Crippen molar-refractivity contribution in [2.24, 2.45) is 0 Å². The van der Waals surface area contributed by atoms with Gasteiger partial charge in [-0.05, 0) is 73.4 Å². The van der Waals surface area contributed by atoms with E-state index in [1.165, 1.54) is 0 Å². The summed E-state index contributed by atoms with van der Waals surface area (Å²) in [4.78, 5) is 0. The molecule has 46 heavy (non-hydrogen) atoms. The van der Waals surface area contributed by atoms with Gasteiger partial charge in [-0.3, -0.25) is 0 Å². The highest BCUT2D eigenvalue weighted by atomic mass is 31.2. The van der Waals surface area contributed by atoms with Gasteiger partial charge in [0.05, 0.1) is 42.7 Å². The lowest BCUT2D eigenvalue weighted by molar-refractivity contribution is 0.342. The predicted octanol–water partition coefficient (Wildman–Crippen LogP) is 9.53. The van der Waals surface area contributed by atoms with Gasteiger partial charge in [0.1, 0.15) is 17.2 Å². The van der Waals surface area contributed by atoms with Gasteiger partial charge in [-0.25, -0.2) is 0 Å². The van der Waals surface area contributed by atoms with Crippen LogP contribution in [0.3, 0.4) is 0 Å². The second-order valence-corrected chi connectivity index (χ2v) is 11.7. The zero-order chi connectivity index (χ0) is 33.5. The highest BCUT2D eigenvalue weighted by Crippen LogP contribution is 2.50. The summed E-state index contributed by atoms with van der Waals surface area (Å²) in [6, 6.07) is 11.4. The highest BCUT2D eigenvalue weighted by Gasteiger charge is 2.27. The first-order chi connectivity index (χ1) is 22.4. The fourth-order valence-electron chi connectivity index (χ4n) is 4.95. The molecule has 0 aromatic heterocycles. The molecule has 0 saturated carbocycles. The molecular formula is C36H51O9P. The minimum Gasteiger partial charge on any atom is -0.493 e. The topological polar surface area (TPSA) is 83.1 Å². The van der Waals surface area contributed by atoms with E-state index in [1.807, 2.05) is 36.4 Å². The summed E-state index contributed by atoms with van der Waals surface area (Å²) in [6.07, 6.45) is 8.33. The Morgan fingerprint density at radius 2 is 0.609 bits per heavy atom. The average molecular weight is 659 g/mol. The zero-order valence-corrected chi connectivity index (χ0v) is 29.8. The molecule has 0 bridgehead atoms. The predicted molar refractivity (Wildman–Crippen MR) is 183 cm³/mol.